The van der Waals surface area contributed by atoms with Gasteiger partial charge in [0.1, 0.15) is 30.2 Å². The van der Waals surface area contributed by atoms with E-state index in [0.29, 0.717) is 0 Å². The molecule has 1 aliphatic heterocycles. The second-order valence-corrected chi connectivity index (χ2v) is 5.85. The van der Waals surface area contributed by atoms with Crippen LogP contribution in [-0.4, -0.2) is 74.6 Å². The summed E-state index contributed by atoms with van der Waals surface area (Å²) in [6.45, 7) is -0.617. The van der Waals surface area contributed by atoms with E-state index in [1.165, 1.54) is 18.2 Å². The Morgan fingerprint density at radius 1 is 1.12 bits per heavy atom. The predicted molar refractivity (Wildman–Crippen MR) is 86.4 cm³/mol. The van der Waals surface area contributed by atoms with Crippen molar-refractivity contribution in [3.63, 3.8) is 0 Å². The summed E-state index contributed by atoms with van der Waals surface area (Å²) in [5, 5.41) is 47.3. The molecule has 0 radical (unpaired) electrons. The minimum atomic E-state index is -1.63. The molecule has 10 nitrogen and oxygen atoms in total. The fraction of sp³-hybridized carbons (Fsp3) is 0.500. The highest BCUT2D eigenvalue weighted by molar-refractivity contribution is 6.02. The Labute approximate surface area is 148 Å². The van der Waals surface area contributed by atoms with Crippen molar-refractivity contribution in [3.05, 3.63) is 23.8 Å². The van der Waals surface area contributed by atoms with Crippen molar-refractivity contribution in [3.8, 4) is 5.75 Å². The van der Waals surface area contributed by atoms with E-state index in [1.54, 1.807) is 0 Å². The number of carbonyl (C=O) groups is 2. The third-order valence-corrected chi connectivity index (χ3v) is 4.02. The Morgan fingerprint density at radius 2 is 1.81 bits per heavy atom. The summed E-state index contributed by atoms with van der Waals surface area (Å²) < 4.78 is 10.6. The molecule has 5 atom stereocenters. The number of anilines is 1. The Hall–Kier alpha value is -2.24. The average molecular weight is 371 g/mol. The Kier molecular flexibility index (Phi) is 6.51. The first-order valence-corrected chi connectivity index (χ1v) is 7.87. The predicted octanol–water partition coefficient (Wildman–Crippen LogP) is -1.50. The minimum absolute atomic E-state index is 0.0319. The number of carbonyl (C=O) groups excluding carboxylic acids is 1. The summed E-state index contributed by atoms with van der Waals surface area (Å²) in [5.41, 5.74) is 5.86. The van der Waals surface area contributed by atoms with E-state index in [-0.39, 0.29) is 29.8 Å². The van der Waals surface area contributed by atoms with E-state index in [9.17, 15) is 30.0 Å². The van der Waals surface area contributed by atoms with Gasteiger partial charge in [-0.3, -0.25) is 9.59 Å². The molecule has 2 rings (SSSR count). The molecule has 1 aromatic carbocycles. The summed E-state index contributed by atoms with van der Waals surface area (Å²) in [6, 6.07) is 4.24. The fourth-order valence-electron chi connectivity index (χ4n) is 2.53. The van der Waals surface area contributed by atoms with Crippen LogP contribution in [-0.2, 0) is 9.53 Å². The molecule has 1 unspecified atom stereocenters. The lowest BCUT2D eigenvalue weighted by Crippen LogP contribution is -2.60. The van der Waals surface area contributed by atoms with Crippen LogP contribution in [0, 0.1) is 0 Å². The summed E-state index contributed by atoms with van der Waals surface area (Å²) in [4.78, 5) is 22.7. The number of nitrogen functional groups attached to an aromatic ring is 1. The van der Waals surface area contributed by atoms with Crippen molar-refractivity contribution in [1.82, 2.24) is 0 Å². The monoisotopic (exact) mass is 371 g/mol. The lowest BCUT2D eigenvalue weighted by atomic mass is 9.99. The highest BCUT2D eigenvalue weighted by Crippen LogP contribution is 2.30. The number of nitrogens with two attached hydrogens (primary N) is 1. The van der Waals surface area contributed by atoms with Crippen molar-refractivity contribution < 1.29 is 44.6 Å². The quantitative estimate of drug-likeness (QED) is 0.244. The van der Waals surface area contributed by atoms with Gasteiger partial charge in [-0.15, -0.1) is 0 Å². The highest BCUT2D eigenvalue weighted by atomic mass is 16.7. The van der Waals surface area contributed by atoms with Gasteiger partial charge in [-0.1, -0.05) is 6.07 Å². The number of hydrogen-bond acceptors (Lipinski definition) is 9. The lowest BCUT2D eigenvalue weighted by Gasteiger charge is -2.39. The van der Waals surface area contributed by atoms with Crippen LogP contribution in [0.25, 0.3) is 0 Å². The molecule has 0 aliphatic carbocycles. The molecule has 1 heterocycles. The molecule has 10 heteroatoms. The average Bonchev–Trinajstić information content (AvgIpc) is 2.61. The number of hydrogen-bond donors (Lipinski definition) is 6. The molecule has 144 valence electrons. The van der Waals surface area contributed by atoms with Gasteiger partial charge in [-0.2, -0.15) is 0 Å². The first kappa shape index (κ1) is 20.1. The Balaban J connectivity index is 2.18. The molecule has 1 fully saturated rings. The van der Waals surface area contributed by atoms with Gasteiger partial charge in [-0.25, -0.2) is 0 Å². The maximum absolute atomic E-state index is 12.1. The number of benzene rings is 1. The molecule has 0 spiro atoms. The number of ether oxygens (including phenoxy) is 2. The first-order valence-electron chi connectivity index (χ1n) is 7.87. The molecule has 1 aromatic rings. The van der Waals surface area contributed by atoms with E-state index >= 15 is 0 Å². The van der Waals surface area contributed by atoms with E-state index in [1.807, 2.05) is 0 Å². The van der Waals surface area contributed by atoms with E-state index < -0.39 is 49.1 Å². The molecule has 0 aromatic heterocycles. The van der Waals surface area contributed by atoms with E-state index in [0.717, 1.165) is 0 Å². The maximum atomic E-state index is 12.1. The summed E-state index contributed by atoms with van der Waals surface area (Å²) in [7, 11) is 0. The number of aliphatic hydroxyl groups is 4. The van der Waals surface area contributed by atoms with Gasteiger partial charge in [0.2, 0.25) is 6.29 Å². The van der Waals surface area contributed by atoms with Crippen molar-refractivity contribution in [2.75, 3.05) is 12.3 Å². The van der Waals surface area contributed by atoms with Gasteiger partial charge in [0.15, 0.2) is 5.78 Å². The normalized spacial score (nSPS) is 28.5. The highest BCUT2D eigenvalue weighted by Gasteiger charge is 2.44. The van der Waals surface area contributed by atoms with Gasteiger partial charge in [-0.05, 0) is 12.1 Å². The van der Waals surface area contributed by atoms with E-state index in [2.05, 4.69) is 0 Å². The smallest absolute Gasteiger partial charge is 0.303 e. The molecular weight excluding hydrogens is 350 g/mol. The van der Waals surface area contributed by atoms with Gasteiger partial charge in [0, 0.05) is 12.0 Å². The van der Waals surface area contributed by atoms with Crippen LogP contribution in [0.15, 0.2) is 18.2 Å². The second-order valence-electron chi connectivity index (χ2n) is 5.85. The topological polar surface area (TPSA) is 180 Å². The Morgan fingerprint density at radius 3 is 2.42 bits per heavy atom. The zero-order chi connectivity index (χ0) is 19.4. The van der Waals surface area contributed by atoms with Gasteiger partial charge >= 0.3 is 5.97 Å². The third kappa shape index (κ3) is 4.29. The zero-order valence-corrected chi connectivity index (χ0v) is 13.7. The first-order chi connectivity index (χ1) is 12.3. The molecule has 1 saturated heterocycles. The van der Waals surface area contributed by atoms with Gasteiger partial charge in [0.25, 0.3) is 0 Å². The number of ketones is 1. The molecule has 0 bridgehead atoms. The minimum Gasteiger partial charge on any atom is -0.481 e. The zero-order valence-electron chi connectivity index (χ0n) is 13.7. The molecule has 1 aliphatic rings. The van der Waals surface area contributed by atoms with Crippen LogP contribution in [0.4, 0.5) is 5.69 Å². The molecule has 0 amide bonds. The van der Waals surface area contributed by atoms with Crippen LogP contribution >= 0.6 is 0 Å². The molecule has 26 heavy (non-hydrogen) atoms. The number of carboxylic acids is 1. The molecule has 0 saturated carbocycles. The number of carboxylic acid groups (broad SMARTS) is 1. The Bertz CT molecular complexity index is 663. The molecule has 7 N–H and O–H groups in total. The van der Waals surface area contributed by atoms with Crippen LogP contribution in [0.5, 0.6) is 5.75 Å². The third-order valence-electron chi connectivity index (χ3n) is 4.02. The number of rotatable bonds is 7. The van der Waals surface area contributed by atoms with Crippen LogP contribution in [0.3, 0.4) is 0 Å². The summed E-state index contributed by atoms with van der Waals surface area (Å²) in [6.07, 6.45) is -7.97. The lowest BCUT2D eigenvalue weighted by molar-refractivity contribution is -0.277. The number of para-hydroxylation sites is 1. The number of aliphatic carboxylic acids is 1. The summed E-state index contributed by atoms with van der Waals surface area (Å²) >= 11 is 0. The number of aliphatic hydroxyl groups excluding tert-OH is 4. The summed E-state index contributed by atoms with van der Waals surface area (Å²) in [5.74, 6) is -1.65. The standard InChI is InChI=1S/C16H21NO9/c17-12-7(8(19)4-5-11(20)21)2-1-3-9(12)25-16-15(24)14(23)13(22)10(6-18)26-16/h1-3,10,13-16,18,22-24H,4-6,17H2,(H,20,21)/t10-,13-,14+,15-,16?/m1/s1. The van der Waals surface area contributed by atoms with Gasteiger partial charge < -0.3 is 40.7 Å². The molecular formula is C16H21NO9. The maximum Gasteiger partial charge on any atom is 0.303 e. The SMILES string of the molecule is Nc1c(OC2O[C@H](CO)[C@@H](O)[C@H](O)[C@H]2O)cccc1C(=O)CCC(=O)O. The van der Waals surface area contributed by atoms with Crippen LogP contribution in [0.1, 0.15) is 23.2 Å². The largest absolute Gasteiger partial charge is 0.481 e. The fourth-order valence-corrected chi connectivity index (χ4v) is 2.53. The van der Waals surface area contributed by atoms with Crippen molar-refractivity contribution in [2.45, 2.75) is 43.5 Å². The van der Waals surface area contributed by atoms with Crippen molar-refractivity contribution in [1.29, 1.82) is 0 Å². The van der Waals surface area contributed by atoms with Crippen LogP contribution < -0.4 is 10.5 Å². The number of Topliss-reactive ketones (excluding diaryl/α,β-unsaturated/α-hetero) is 1. The van der Waals surface area contributed by atoms with E-state index in [4.69, 9.17) is 20.3 Å². The second kappa shape index (κ2) is 8.43. The van der Waals surface area contributed by atoms with Crippen LogP contribution in [0.2, 0.25) is 0 Å². The van der Waals surface area contributed by atoms with Crippen molar-refractivity contribution in [2.24, 2.45) is 0 Å². The van der Waals surface area contributed by atoms with Crippen molar-refractivity contribution >= 4 is 17.4 Å². The van der Waals surface area contributed by atoms with Gasteiger partial charge in [0.05, 0.1) is 18.7 Å².